The molecule has 0 bridgehead atoms. The van der Waals surface area contributed by atoms with Crippen LogP contribution in [0.3, 0.4) is 0 Å². The smallest absolute Gasteiger partial charge is 0.271 e. The van der Waals surface area contributed by atoms with Gasteiger partial charge in [0.2, 0.25) is 0 Å². The van der Waals surface area contributed by atoms with Crippen LogP contribution in [0.2, 0.25) is 0 Å². The molecule has 0 saturated heterocycles. The van der Waals surface area contributed by atoms with Crippen molar-refractivity contribution in [2.24, 2.45) is 0 Å². The van der Waals surface area contributed by atoms with E-state index in [-0.39, 0.29) is 19.4 Å². The molecule has 3 rings (SSSR count). The molecule has 2 heterocycles. The van der Waals surface area contributed by atoms with Crippen molar-refractivity contribution >= 4 is 11.0 Å². The summed E-state index contributed by atoms with van der Waals surface area (Å²) in [5.74, 6) is -2.88. The molecule has 1 aromatic carbocycles. The number of nitrogens with zero attached hydrogens (tertiary/aromatic N) is 2. The molecular formula is C20H20F2N2O. The Balaban J connectivity index is 1.54. The molecule has 130 valence electrons. The summed E-state index contributed by atoms with van der Waals surface area (Å²) in [4.78, 5) is 8.72. The van der Waals surface area contributed by atoms with Crippen LogP contribution >= 0.6 is 0 Å². The molecule has 0 fully saturated rings. The van der Waals surface area contributed by atoms with Crippen molar-refractivity contribution in [1.82, 2.24) is 9.97 Å². The summed E-state index contributed by atoms with van der Waals surface area (Å²) >= 11 is 0. The third kappa shape index (κ3) is 5.03. The van der Waals surface area contributed by atoms with Crippen LogP contribution in [0.15, 0.2) is 54.6 Å². The number of rotatable bonds is 7. The first-order valence-electron chi connectivity index (χ1n) is 8.25. The summed E-state index contributed by atoms with van der Waals surface area (Å²) in [6.45, 7) is 1.48. The number of hydrogen-bond acceptors (Lipinski definition) is 3. The fourth-order valence-corrected chi connectivity index (χ4v) is 2.55. The number of halogens is 2. The number of pyridine rings is 2. The lowest BCUT2D eigenvalue weighted by atomic mass is 10.1. The second-order valence-corrected chi connectivity index (χ2v) is 6.14. The molecule has 2 aromatic heterocycles. The molecule has 5 heteroatoms. The van der Waals surface area contributed by atoms with E-state index in [1.165, 1.54) is 0 Å². The van der Waals surface area contributed by atoms with E-state index < -0.39 is 12.5 Å². The first-order chi connectivity index (χ1) is 12.0. The van der Waals surface area contributed by atoms with Gasteiger partial charge in [0.15, 0.2) is 5.65 Å². The Morgan fingerprint density at radius 1 is 0.960 bits per heavy atom. The van der Waals surface area contributed by atoms with Crippen LogP contribution in [-0.2, 0) is 17.8 Å². The van der Waals surface area contributed by atoms with Gasteiger partial charge in [-0.2, -0.15) is 0 Å². The average molecular weight is 342 g/mol. The Hall–Kier alpha value is -2.40. The zero-order valence-electron chi connectivity index (χ0n) is 14.1. The maximum atomic E-state index is 14.0. The summed E-state index contributed by atoms with van der Waals surface area (Å²) in [5.41, 5.74) is 2.96. The van der Waals surface area contributed by atoms with E-state index in [9.17, 15) is 8.78 Å². The van der Waals surface area contributed by atoms with E-state index in [0.717, 1.165) is 16.6 Å². The lowest BCUT2D eigenvalue weighted by Crippen LogP contribution is -2.24. The van der Waals surface area contributed by atoms with Gasteiger partial charge >= 0.3 is 0 Å². The predicted octanol–water partition coefficient (Wildman–Crippen LogP) is 4.72. The number of benzene rings is 1. The standard InChI is InChI=1S/C20H20F2N2O/c1-15-7-8-17-9-10-18(24-19(17)23-15)11-12-20(21,22)14-25-13-16-5-3-2-4-6-16/h2-10H,11-14H2,1H3. The molecule has 25 heavy (non-hydrogen) atoms. The Morgan fingerprint density at radius 2 is 1.72 bits per heavy atom. The molecule has 0 amide bonds. The molecule has 0 N–H and O–H groups in total. The zero-order chi connectivity index (χ0) is 17.7. The van der Waals surface area contributed by atoms with Crippen molar-refractivity contribution in [1.29, 1.82) is 0 Å². The number of ether oxygens (including phenoxy) is 1. The Kier molecular flexibility index (Phi) is 5.34. The van der Waals surface area contributed by atoms with Crippen LogP contribution in [-0.4, -0.2) is 22.5 Å². The molecule has 0 aliphatic carbocycles. The van der Waals surface area contributed by atoms with Gasteiger partial charge in [0.1, 0.15) is 6.61 Å². The van der Waals surface area contributed by atoms with Crippen molar-refractivity contribution in [3.05, 3.63) is 71.5 Å². The summed E-state index contributed by atoms with van der Waals surface area (Å²) < 4.78 is 33.2. The summed E-state index contributed by atoms with van der Waals surface area (Å²) in [5, 5.41) is 0.910. The van der Waals surface area contributed by atoms with E-state index in [2.05, 4.69) is 9.97 Å². The van der Waals surface area contributed by atoms with Crippen LogP contribution in [0, 0.1) is 6.92 Å². The topological polar surface area (TPSA) is 35.0 Å². The molecule has 0 spiro atoms. The SMILES string of the molecule is Cc1ccc2ccc(CCC(F)(F)COCc3ccccc3)nc2n1. The second-order valence-electron chi connectivity index (χ2n) is 6.14. The first-order valence-corrected chi connectivity index (χ1v) is 8.25. The minimum absolute atomic E-state index is 0.188. The second kappa shape index (κ2) is 7.66. The highest BCUT2D eigenvalue weighted by Crippen LogP contribution is 2.22. The minimum atomic E-state index is -2.88. The van der Waals surface area contributed by atoms with Gasteiger partial charge in [0.05, 0.1) is 6.61 Å². The van der Waals surface area contributed by atoms with Gasteiger partial charge in [-0.1, -0.05) is 30.3 Å². The number of fused-ring (bicyclic) bond motifs is 1. The monoisotopic (exact) mass is 342 g/mol. The van der Waals surface area contributed by atoms with Crippen LogP contribution in [0.25, 0.3) is 11.0 Å². The third-order valence-electron chi connectivity index (χ3n) is 3.92. The van der Waals surface area contributed by atoms with Crippen LogP contribution in [0.1, 0.15) is 23.4 Å². The number of aromatic nitrogens is 2. The highest BCUT2D eigenvalue weighted by molar-refractivity contribution is 5.74. The Morgan fingerprint density at radius 3 is 2.52 bits per heavy atom. The third-order valence-corrected chi connectivity index (χ3v) is 3.92. The molecule has 3 aromatic rings. The van der Waals surface area contributed by atoms with Crippen molar-refractivity contribution in [3.8, 4) is 0 Å². The van der Waals surface area contributed by atoms with Crippen LogP contribution in [0.5, 0.6) is 0 Å². The quantitative estimate of drug-likeness (QED) is 0.623. The summed E-state index contributed by atoms with van der Waals surface area (Å²) in [7, 11) is 0. The fraction of sp³-hybridized carbons (Fsp3) is 0.300. The van der Waals surface area contributed by atoms with Gasteiger partial charge in [-0.05, 0) is 43.2 Å². The van der Waals surface area contributed by atoms with E-state index in [1.54, 1.807) is 6.07 Å². The summed E-state index contributed by atoms with van der Waals surface area (Å²) in [6, 6.07) is 16.8. The Labute approximate surface area is 145 Å². The summed E-state index contributed by atoms with van der Waals surface area (Å²) in [6.07, 6.45) is -0.112. The van der Waals surface area contributed by atoms with Crippen molar-refractivity contribution in [3.63, 3.8) is 0 Å². The van der Waals surface area contributed by atoms with E-state index in [4.69, 9.17) is 4.74 Å². The van der Waals surface area contributed by atoms with E-state index in [0.29, 0.717) is 11.3 Å². The maximum Gasteiger partial charge on any atom is 0.271 e. The predicted molar refractivity (Wildman–Crippen MR) is 93.6 cm³/mol. The lowest BCUT2D eigenvalue weighted by molar-refractivity contribution is -0.0864. The van der Waals surface area contributed by atoms with Gasteiger partial charge < -0.3 is 4.74 Å². The Bertz CT molecular complexity index is 837. The molecule has 0 aliphatic heterocycles. The highest BCUT2D eigenvalue weighted by Gasteiger charge is 2.29. The van der Waals surface area contributed by atoms with E-state index >= 15 is 0 Å². The van der Waals surface area contributed by atoms with Gasteiger partial charge in [0, 0.05) is 23.2 Å². The highest BCUT2D eigenvalue weighted by atomic mass is 19.3. The van der Waals surface area contributed by atoms with Gasteiger partial charge in [-0.3, -0.25) is 0 Å². The molecular weight excluding hydrogens is 322 g/mol. The van der Waals surface area contributed by atoms with Crippen molar-refractivity contribution < 1.29 is 13.5 Å². The molecule has 0 atom stereocenters. The lowest BCUT2D eigenvalue weighted by Gasteiger charge is -2.16. The number of aryl methyl sites for hydroxylation is 2. The van der Waals surface area contributed by atoms with Crippen LogP contribution in [0.4, 0.5) is 8.78 Å². The normalized spacial score (nSPS) is 11.8. The van der Waals surface area contributed by atoms with Gasteiger partial charge in [-0.15, -0.1) is 0 Å². The molecule has 3 nitrogen and oxygen atoms in total. The largest absolute Gasteiger partial charge is 0.371 e. The zero-order valence-corrected chi connectivity index (χ0v) is 14.1. The van der Waals surface area contributed by atoms with Gasteiger partial charge in [-0.25, -0.2) is 18.7 Å². The molecule has 0 radical (unpaired) electrons. The molecule has 0 aliphatic rings. The van der Waals surface area contributed by atoms with Gasteiger partial charge in [0.25, 0.3) is 5.92 Å². The number of hydrogen-bond donors (Lipinski definition) is 0. The number of alkyl halides is 2. The van der Waals surface area contributed by atoms with Crippen molar-refractivity contribution in [2.75, 3.05) is 6.61 Å². The fourth-order valence-electron chi connectivity index (χ4n) is 2.55. The van der Waals surface area contributed by atoms with Crippen molar-refractivity contribution in [2.45, 2.75) is 32.3 Å². The minimum Gasteiger partial charge on any atom is -0.371 e. The molecule has 0 saturated carbocycles. The van der Waals surface area contributed by atoms with E-state index in [1.807, 2.05) is 55.5 Å². The maximum absolute atomic E-state index is 14.0. The average Bonchev–Trinajstić information content (AvgIpc) is 2.60. The first kappa shape index (κ1) is 17.4. The van der Waals surface area contributed by atoms with Crippen LogP contribution < -0.4 is 0 Å². The molecule has 0 unspecified atom stereocenters.